The molecule has 24 heteroatoms. The Balaban J connectivity index is 0.791. The minimum atomic E-state index is -3.93. The quantitative estimate of drug-likeness (QED) is 0.0611. The van der Waals surface area contributed by atoms with E-state index in [1.165, 1.54) is 30.3 Å². The molecular weight excluding hydrogens is 827 g/mol. The van der Waals surface area contributed by atoms with E-state index in [9.17, 15) is 41.2 Å². The third-order valence-corrected chi connectivity index (χ3v) is 10.8. The first-order valence-electron chi connectivity index (χ1n) is 18.5. The van der Waals surface area contributed by atoms with E-state index < -0.39 is 68.7 Å². The molecule has 2 aliphatic rings. The summed E-state index contributed by atoms with van der Waals surface area (Å²) in [6.45, 7) is 1.21. The Morgan fingerprint density at radius 1 is 0.934 bits per heavy atom. The van der Waals surface area contributed by atoms with Crippen molar-refractivity contribution in [2.75, 3.05) is 49.3 Å². The Hall–Kier alpha value is -7.02. The van der Waals surface area contributed by atoms with Crippen molar-refractivity contribution in [1.29, 1.82) is 0 Å². The molecule has 3 aromatic carbocycles. The highest BCUT2D eigenvalue weighted by Crippen LogP contribution is 2.32. The van der Waals surface area contributed by atoms with Crippen molar-refractivity contribution in [3.63, 3.8) is 0 Å². The summed E-state index contributed by atoms with van der Waals surface area (Å²) in [7, 11) is -3.93. The number of anilines is 4. The summed E-state index contributed by atoms with van der Waals surface area (Å²) < 4.78 is 69.6. The number of imide groups is 2. The third kappa shape index (κ3) is 9.41. The van der Waals surface area contributed by atoms with Crippen LogP contribution in [0.1, 0.15) is 49.6 Å². The molecule has 1 fully saturated rings. The van der Waals surface area contributed by atoms with E-state index in [0.717, 1.165) is 23.1 Å². The Morgan fingerprint density at radius 3 is 2.43 bits per heavy atom. The second-order valence-corrected chi connectivity index (χ2v) is 15.2. The highest BCUT2D eigenvalue weighted by atomic mass is 32.2. The number of aromatic nitrogens is 6. The first-order valence-corrected chi connectivity index (χ1v) is 20.0. The van der Waals surface area contributed by atoms with Crippen LogP contribution in [-0.4, -0.2) is 112 Å². The molecular formula is C37H36F2N12O9S. The summed E-state index contributed by atoms with van der Waals surface area (Å²) >= 11 is 0. The van der Waals surface area contributed by atoms with Crippen molar-refractivity contribution in [2.24, 2.45) is 0 Å². The van der Waals surface area contributed by atoms with Crippen molar-refractivity contribution in [3.8, 4) is 0 Å². The van der Waals surface area contributed by atoms with E-state index in [-0.39, 0.29) is 67.8 Å². The van der Waals surface area contributed by atoms with Gasteiger partial charge < -0.3 is 25.8 Å². The van der Waals surface area contributed by atoms with Gasteiger partial charge in [-0.05, 0) is 55.0 Å². The molecule has 4 amide bonds. The Bertz CT molecular complexity index is 2600. The van der Waals surface area contributed by atoms with Gasteiger partial charge in [-0.2, -0.15) is 9.67 Å². The second kappa shape index (κ2) is 18.1. The van der Waals surface area contributed by atoms with E-state index in [4.69, 9.17) is 15.2 Å². The number of benzene rings is 3. The van der Waals surface area contributed by atoms with Crippen LogP contribution in [-0.2, 0) is 42.2 Å². The van der Waals surface area contributed by atoms with Gasteiger partial charge in [-0.1, -0.05) is 17.3 Å². The number of nitrogens with two attached hydrogens (primary N) is 1. The highest BCUT2D eigenvalue weighted by molar-refractivity contribution is 7.89. The van der Waals surface area contributed by atoms with Crippen LogP contribution in [0, 0.1) is 11.6 Å². The number of sulfonamides is 1. The second-order valence-electron chi connectivity index (χ2n) is 13.4. The van der Waals surface area contributed by atoms with Crippen LogP contribution in [0.15, 0.2) is 71.8 Å². The zero-order valence-electron chi connectivity index (χ0n) is 31.8. The van der Waals surface area contributed by atoms with E-state index in [1.807, 2.05) is 0 Å². The number of carbonyl (C=O) groups is 5. The van der Waals surface area contributed by atoms with Gasteiger partial charge in [0.15, 0.2) is 0 Å². The number of fused-ring (bicyclic) bond motifs is 1. The largest absolute Gasteiger partial charge is 0.382 e. The first kappa shape index (κ1) is 42.1. The fraction of sp³-hybridized carbons (Fsp3) is 0.270. The van der Waals surface area contributed by atoms with Gasteiger partial charge in [0.25, 0.3) is 17.7 Å². The number of halogens is 2. The van der Waals surface area contributed by atoms with Gasteiger partial charge >= 0.3 is 0 Å². The average molecular weight is 863 g/mol. The molecule has 1 saturated heterocycles. The fourth-order valence-corrected chi connectivity index (χ4v) is 7.40. The molecule has 1 atom stereocenters. The molecule has 6 N–H and O–H groups in total. The predicted octanol–water partition coefficient (Wildman–Crippen LogP) is 1.19. The third-order valence-electron chi connectivity index (χ3n) is 9.29. The first-order chi connectivity index (χ1) is 29.3. The molecule has 0 radical (unpaired) electrons. The van der Waals surface area contributed by atoms with Crippen molar-refractivity contribution in [3.05, 3.63) is 101 Å². The zero-order valence-corrected chi connectivity index (χ0v) is 32.7. The van der Waals surface area contributed by atoms with E-state index in [1.54, 1.807) is 23.0 Å². The number of piperidine rings is 1. The Labute approximate surface area is 344 Å². The topological polar surface area (TPSA) is 277 Å². The molecule has 0 aliphatic carbocycles. The predicted molar refractivity (Wildman–Crippen MR) is 208 cm³/mol. The number of hydrogen-bond acceptors (Lipinski definition) is 16. The maximum absolute atomic E-state index is 14.1. The number of nitrogens with one attached hydrogen (secondary N) is 4. The summed E-state index contributed by atoms with van der Waals surface area (Å²) in [4.78, 5) is 67.6. The van der Waals surface area contributed by atoms with Crippen LogP contribution in [0.3, 0.4) is 0 Å². The zero-order chi connectivity index (χ0) is 43.3. The van der Waals surface area contributed by atoms with Gasteiger partial charge in [0.2, 0.25) is 33.7 Å². The maximum Gasteiger partial charge on any atom is 0.287 e. The molecule has 0 spiro atoms. The average Bonchev–Trinajstić information content (AvgIpc) is 3.91. The Morgan fingerprint density at radius 2 is 1.67 bits per heavy atom. The lowest BCUT2D eigenvalue weighted by molar-refractivity contribution is -0.136. The maximum atomic E-state index is 14.1. The number of nitrogen functional groups attached to an aromatic ring is 1. The lowest BCUT2D eigenvalue weighted by Crippen LogP contribution is -2.54. The lowest BCUT2D eigenvalue weighted by Gasteiger charge is -2.27. The van der Waals surface area contributed by atoms with E-state index in [0.29, 0.717) is 34.8 Å². The highest BCUT2D eigenvalue weighted by Gasteiger charge is 2.45. The molecule has 4 heterocycles. The minimum absolute atomic E-state index is 0.0203. The van der Waals surface area contributed by atoms with Crippen LogP contribution in [0.2, 0.25) is 0 Å². The van der Waals surface area contributed by atoms with Gasteiger partial charge in [0.1, 0.15) is 28.9 Å². The molecule has 318 valence electrons. The molecule has 0 bridgehead atoms. The molecule has 2 aromatic heterocycles. The number of rotatable bonds is 18. The van der Waals surface area contributed by atoms with Gasteiger partial charge in [-0.3, -0.25) is 34.2 Å². The van der Waals surface area contributed by atoms with Crippen LogP contribution in [0.5, 0.6) is 0 Å². The SMILES string of the molecule is Nc1nc(Nc2ccc(S(=O)(=O)NCCOCc3cn(CCOCCNc4cccc5c4C(=O)N(C4CCC(=O)NC4=O)C5=O)nn3)cc2)nn1C(=O)c1c(F)cccc1F. The summed E-state index contributed by atoms with van der Waals surface area (Å²) in [5.41, 5.74) is 6.46. The number of nitrogens with zero attached hydrogens (tertiary/aromatic N) is 7. The van der Waals surface area contributed by atoms with Crippen LogP contribution < -0.4 is 26.4 Å². The van der Waals surface area contributed by atoms with Crippen LogP contribution in [0.25, 0.3) is 0 Å². The van der Waals surface area contributed by atoms with Gasteiger partial charge in [-0.25, -0.2) is 26.6 Å². The van der Waals surface area contributed by atoms with E-state index >= 15 is 0 Å². The summed E-state index contributed by atoms with van der Waals surface area (Å²) in [6.07, 6.45) is 1.74. The molecule has 21 nitrogen and oxygen atoms in total. The molecule has 61 heavy (non-hydrogen) atoms. The molecule has 5 aromatic rings. The van der Waals surface area contributed by atoms with Crippen molar-refractivity contribution >= 4 is 62.8 Å². The van der Waals surface area contributed by atoms with Crippen LogP contribution in [0.4, 0.5) is 32.1 Å². The minimum Gasteiger partial charge on any atom is -0.382 e. The molecule has 2 aliphatic heterocycles. The van der Waals surface area contributed by atoms with Gasteiger partial charge in [-0.15, -0.1) is 10.2 Å². The normalized spacial score (nSPS) is 15.2. The number of hydrogen-bond donors (Lipinski definition) is 5. The van der Waals surface area contributed by atoms with Crippen molar-refractivity contribution < 1.29 is 50.6 Å². The van der Waals surface area contributed by atoms with Gasteiger partial charge in [0.05, 0.1) is 55.2 Å². The number of ether oxygens (including phenoxy) is 2. The summed E-state index contributed by atoms with van der Waals surface area (Å²) in [5, 5.41) is 20.0. The Kier molecular flexibility index (Phi) is 12.5. The molecule has 7 rings (SSSR count). The summed E-state index contributed by atoms with van der Waals surface area (Å²) in [6, 6.07) is 12.1. The van der Waals surface area contributed by atoms with Crippen molar-refractivity contribution in [2.45, 2.75) is 36.9 Å². The number of carbonyl (C=O) groups excluding carboxylic acids is 5. The molecule has 1 unspecified atom stereocenters. The standard InChI is InChI=1S/C37H36F2N12O9S/c38-25-4-2-5-26(39)31(25)35(56)51-36(40)45-37(47-51)43-21-7-9-23(10-8-21)61(57,58)42-14-17-60-20-22-19-49(48-46-22)15-18-59-16-13-41-27-6-1-3-24-30(27)34(55)50(33(24)54)28-11-12-29(52)44-32(28)53/h1-10,19,28,41-42H,11-18,20H2,(H,44,52,53)(H3,40,43,45,47). The van der Waals surface area contributed by atoms with Crippen LogP contribution >= 0.6 is 0 Å². The molecule has 0 saturated carbocycles. The van der Waals surface area contributed by atoms with E-state index in [2.05, 4.69) is 41.1 Å². The van der Waals surface area contributed by atoms with Gasteiger partial charge in [0, 0.05) is 30.9 Å². The fourth-order valence-electron chi connectivity index (χ4n) is 6.38. The lowest BCUT2D eigenvalue weighted by atomic mass is 10.0. The van der Waals surface area contributed by atoms with Crippen molar-refractivity contribution in [1.82, 2.24) is 44.7 Å². The number of amides is 4. The smallest absolute Gasteiger partial charge is 0.287 e. The monoisotopic (exact) mass is 862 g/mol. The summed E-state index contributed by atoms with van der Waals surface area (Å²) in [5.74, 6) is -6.31.